The minimum Gasteiger partial charge on any atom is -0.302 e. The molecule has 152 valence electrons. The summed E-state index contributed by atoms with van der Waals surface area (Å²) < 4.78 is 40.1. The van der Waals surface area contributed by atoms with Gasteiger partial charge in [0.05, 0.1) is 21.5 Å². The van der Waals surface area contributed by atoms with Gasteiger partial charge in [0.25, 0.3) is 0 Å². The summed E-state index contributed by atoms with van der Waals surface area (Å²) in [7, 11) is -0.632. The second-order valence-corrected chi connectivity index (χ2v) is 10.2. The van der Waals surface area contributed by atoms with Gasteiger partial charge in [0.15, 0.2) is 5.13 Å². The summed E-state index contributed by atoms with van der Waals surface area (Å²) in [4.78, 5) is 16.7. The van der Waals surface area contributed by atoms with Crippen molar-refractivity contribution in [2.75, 3.05) is 19.4 Å². The molecule has 0 saturated carbocycles. The summed E-state index contributed by atoms with van der Waals surface area (Å²) in [5, 5.41) is 4.72. The molecule has 2 aromatic carbocycles. The molecule has 0 unspecified atom stereocenters. The number of anilines is 1. The van der Waals surface area contributed by atoms with E-state index in [1.165, 1.54) is 37.6 Å². The fourth-order valence-electron chi connectivity index (χ4n) is 2.51. The standard InChI is InChI=1S/C19H17BrFN3O3S2/c1-24(2)29(26,27)14-7-3-5-12(9-14)16-11-28-19(22-16)23-17(25)10-13-6-4-8-15(20)18(13)21/h3-9,11H,10H2,1-2H3,(H,22,23,25). The number of carbonyl (C=O) groups excluding carboxylic acids is 1. The summed E-state index contributed by atoms with van der Waals surface area (Å²) >= 11 is 4.30. The highest BCUT2D eigenvalue weighted by atomic mass is 79.9. The Morgan fingerprint density at radius 2 is 1.97 bits per heavy atom. The van der Waals surface area contributed by atoms with Gasteiger partial charge in [-0.15, -0.1) is 11.3 Å². The quantitative estimate of drug-likeness (QED) is 0.554. The third kappa shape index (κ3) is 4.89. The first-order valence-corrected chi connectivity index (χ1v) is 11.5. The Hall–Kier alpha value is -2.14. The van der Waals surface area contributed by atoms with Gasteiger partial charge >= 0.3 is 0 Å². The summed E-state index contributed by atoms with van der Waals surface area (Å²) in [6.07, 6.45) is -0.128. The lowest BCUT2D eigenvalue weighted by Gasteiger charge is -2.11. The largest absolute Gasteiger partial charge is 0.302 e. The van der Waals surface area contributed by atoms with Crippen LogP contribution in [0.5, 0.6) is 0 Å². The van der Waals surface area contributed by atoms with Crippen LogP contribution < -0.4 is 5.32 Å². The number of nitrogens with one attached hydrogen (secondary N) is 1. The first-order valence-electron chi connectivity index (χ1n) is 8.39. The van der Waals surface area contributed by atoms with Gasteiger partial charge in [-0.2, -0.15) is 0 Å². The highest BCUT2D eigenvalue weighted by Crippen LogP contribution is 2.27. The monoisotopic (exact) mass is 497 g/mol. The van der Waals surface area contributed by atoms with E-state index >= 15 is 0 Å². The zero-order valence-corrected chi connectivity index (χ0v) is 18.7. The zero-order chi connectivity index (χ0) is 21.2. The molecule has 3 rings (SSSR count). The van der Waals surface area contributed by atoms with Gasteiger partial charge in [-0.3, -0.25) is 4.79 Å². The molecule has 0 aliphatic heterocycles. The maximum absolute atomic E-state index is 14.0. The van der Waals surface area contributed by atoms with E-state index in [9.17, 15) is 17.6 Å². The molecule has 0 radical (unpaired) electrons. The lowest BCUT2D eigenvalue weighted by atomic mass is 10.1. The number of halogens is 2. The van der Waals surface area contributed by atoms with Crippen LogP contribution in [-0.4, -0.2) is 37.7 Å². The molecule has 0 aliphatic carbocycles. The molecule has 0 bridgehead atoms. The third-order valence-electron chi connectivity index (χ3n) is 4.04. The normalized spacial score (nSPS) is 11.6. The van der Waals surface area contributed by atoms with E-state index in [1.54, 1.807) is 35.7 Å². The molecule has 1 aromatic heterocycles. The van der Waals surface area contributed by atoms with E-state index in [0.717, 1.165) is 4.31 Å². The van der Waals surface area contributed by atoms with E-state index in [1.807, 2.05) is 0 Å². The van der Waals surface area contributed by atoms with Crippen LogP contribution in [-0.2, 0) is 21.2 Å². The number of aromatic nitrogens is 1. The van der Waals surface area contributed by atoms with Crippen LogP contribution in [0.3, 0.4) is 0 Å². The van der Waals surface area contributed by atoms with Crippen LogP contribution >= 0.6 is 27.3 Å². The molecular weight excluding hydrogens is 481 g/mol. The zero-order valence-electron chi connectivity index (χ0n) is 15.5. The van der Waals surface area contributed by atoms with Crippen molar-refractivity contribution in [3.63, 3.8) is 0 Å². The van der Waals surface area contributed by atoms with Gasteiger partial charge in [-0.1, -0.05) is 24.3 Å². The Bertz CT molecular complexity index is 1160. The predicted molar refractivity (Wildman–Crippen MR) is 115 cm³/mol. The molecule has 1 amide bonds. The molecule has 29 heavy (non-hydrogen) atoms. The third-order valence-corrected chi connectivity index (χ3v) is 7.22. The van der Waals surface area contributed by atoms with Gasteiger partial charge in [-0.05, 0) is 39.7 Å². The Balaban J connectivity index is 1.76. The maximum Gasteiger partial charge on any atom is 0.242 e. The Labute approximate surface area is 180 Å². The van der Waals surface area contributed by atoms with Crippen molar-refractivity contribution < 1.29 is 17.6 Å². The van der Waals surface area contributed by atoms with Crippen molar-refractivity contribution in [2.24, 2.45) is 0 Å². The van der Waals surface area contributed by atoms with Gasteiger partial charge in [0.1, 0.15) is 5.82 Å². The fourth-order valence-corrected chi connectivity index (χ4v) is 4.60. The molecule has 6 nitrogen and oxygen atoms in total. The minimum absolute atomic E-state index is 0.128. The molecule has 1 heterocycles. The lowest BCUT2D eigenvalue weighted by Crippen LogP contribution is -2.22. The van der Waals surface area contributed by atoms with E-state index < -0.39 is 21.7 Å². The minimum atomic E-state index is -3.56. The molecule has 0 fully saturated rings. The number of sulfonamides is 1. The molecular formula is C19H17BrFN3O3S2. The average Bonchev–Trinajstić information content (AvgIpc) is 3.14. The molecule has 0 spiro atoms. The van der Waals surface area contributed by atoms with Crippen LogP contribution in [0, 0.1) is 5.82 Å². The smallest absolute Gasteiger partial charge is 0.242 e. The highest BCUT2D eigenvalue weighted by Gasteiger charge is 2.18. The van der Waals surface area contributed by atoms with Crippen molar-refractivity contribution in [2.45, 2.75) is 11.3 Å². The van der Waals surface area contributed by atoms with Crippen molar-refractivity contribution in [1.29, 1.82) is 0 Å². The predicted octanol–water partition coefficient (Wildman–Crippen LogP) is 4.14. The summed E-state index contributed by atoms with van der Waals surface area (Å²) in [5.41, 5.74) is 1.42. The number of amides is 1. The Morgan fingerprint density at radius 1 is 1.24 bits per heavy atom. The Morgan fingerprint density at radius 3 is 2.69 bits per heavy atom. The van der Waals surface area contributed by atoms with Crippen molar-refractivity contribution in [1.82, 2.24) is 9.29 Å². The Kier molecular flexibility index (Phi) is 6.47. The van der Waals surface area contributed by atoms with Crippen molar-refractivity contribution >= 4 is 48.3 Å². The molecule has 0 saturated heterocycles. The summed E-state index contributed by atoms with van der Waals surface area (Å²) in [5.74, 6) is -0.867. The average molecular weight is 498 g/mol. The number of rotatable bonds is 6. The SMILES string of the molecule is CN(C)S(=O)(=O)c1cccc(-c2csc(NC(=O)Cc3cccc(Br)c3F)n2)c1. The summed E-state index contributed by atoms with van der Waals surface area (Å²) in [6, 6.07) is 11.2. The fraction of sp³-hybridized carbons (Fsp3) is 0.158. The van der Waals surface area contributed by atoms with Crippen LogP contribution in [0.1, 0.15) is 5.56 Å². The van der Waals surface area contributed by atoms with Crippen LogP contribution in [0.4, 0.5) is 9.52 Å². The molecule has 1 N–H and O–H groups in total. The van der Waals surface area contributed by atoms with Gasteiger partial charge in [0.2, 0.25) is 15.9 Å². The molecule has 0 atom stereocenters. The van der Waals surface area contributed by atoms with E-state index in [-0.39, 0.29) is 16.9 Å². The number of thiazole rings is 1. The first kappa shape index (κ1) is 21.6. The van der Waals surface area contributed by atoms with Crippen LogP contribution in [0.2, 0.25) is 0 Å². The van der Waals surface area contributed by atoms with Gasteiger partial charge < -0.3 is 5.32 Å². The first-order chi connectivity index (χ1) is 13.7. The second-order valence-electron chi connectivity index (χ2n) is 6.29. The summed E-state index contributed by atoms with van der Waals surface area (Å²) in [6.45, 7) is 0. The maximum atomic E-state index is 14.0. The topological polar surface area (TPSA) is 79.4 Å². The van der Waals surface area contributed by atoms with Crippen molar-refractivity contribution in [3.8, 4) is 11.3 Å². The van der Waals surface area contributed by atoms with Crippen LogP contribution in [0.25, 0.3) is 11.3 Å². The number of benzene rings is 2. The number of carbonyl (C=O) groups is 1. The van der Waals surface area contributed by atoms with Gasteiger partial charge in [-0.25, -0.2) is 22.1 Å². The van der Waals surface area contributed by atoms with Crippen molar-refractivity contribution in [3.05, 3.63) is 63.7 Å². The van der Waals surface area contributed by atoms with E-state index in [0.29, 0.717) is 20.9 Å². The number of nitrogens with zero attached hydrogens (tertiary/aromatic N) is 2. The van der Waals surface area contributed by atoms with E-state index in [2.05, 4.69) is 26.2 Å². The molecule has 0 aliphatic rings. The lowest BCUT2D eigenvalue weighted by molar-refractivity contribution is -0.115. The number of hydrogen-bond acceptors (Lipinski definition) is 5. The van der Waals surface area contributed by atoms with Crippen LogP contribution in [0.15, 0.2) is 57.2 Å². The number of hydrogen-bond donors (Lipinski definition) is 1. The molecule has 3 aromatic rings. The van der Waals surface area contributed by atoms with Gasteiger partial charge in [0, 0.05) is 25.0 Å². The van der Waals surface area contributed by atoms with E-state index in [4.69, 9.17) is 0 Å². The highest BCUT2D eigenvalue weighted by molar-refractivity contribution is 9.10. The second kappa shape index (κ2) is 8.70. The molecule has 10 heteroatoms.